The van der Waals surface area contributed by atoms with Gasteiger partial charge < -0.3 is 10.6 Å². The number of unbranched alkanes of at least 4 members (excludes halogenated alkanes) is 1. The third-order valence-corrected chi connectivity index (χ3v) is 2.01. The molecule has 0 spiro atoms. The maximum atomic E-state index is 11.1. The Hall–Kier alpha value is -0.770. The molecule has 0 aromatic heterocycles. The van der Waals surface area contributed by atoms with Crippen LogP contribution < -0.4 is 10.6 Å². The van der Waals surface area contributed by atoms with Crippen LogP contribution in [0.25, 0.3) is 0 Å². The van der Waals surface area contributed by atoms with Crippen molar-refractivity contribution >= 4 is 23.4 Å². The smallest absolute Gasteiger partial charge is 0.221 e. The summed E-state index contributed by atoms with van der Waals surface area (Å²) in [7, 11) is 1.57. The summed E-state index contributed by atoms with van der Waals surface area (Å²) in [5.41, 5.74) is 0. The number of alkyl halides is 1. The van der Waals surface area contributed by atoms with Crippen LogP contribution in [0.5, 0.6) is 0 Å². The first-order valence-corrected chi connectivity index (χ1v) is 5.27. The van der Waals surface area contributed by atoms with E-state index in [1.807, 2.05) is 0 Å². The molecule has 0 saturated carbocycles. The number of amides is 2. The van der Waals surface area contributed by atoms with Gasteiger partial charge in [-0.2, -0.15) is 0 Å². The van der Waals surface area contributed by atoms with Gasteiger partial charge in [0.1, 0.15) is 0 Å². The molecule has 4 nitrogen and oxygen atoms in total. The van der Waals surface area contributed by atoms with Crippen molar-refractivity contribution in [2.45, 2.75) is 25.7 Å². The van der Waals surface area contributed by atoms with Crippen LogP contribution in [0.2, 0.25) is 0 Å². The van der Waals surface area contributed by atoms with Crippen LogP contribution in [0.1, 0.15) is 25.7 Å². The number of nitrogens with one attached hydrogen (secondary N) is 2. The molecular weight excluding hydrogens is 204 g/mol. The van der Waals surface area contributed by atoms with Crippen LogP contribution in [0.3, 0.4) is 0 Å². The zero-order valence-corrected chi connectivity index (χ0v) is 9.19. The van der Waals surface area contributed by atoms with Crippen LogP contribution in [0, 0.1) is 0 Å². The first-order valence-electron chi connectivity index (χ1n) is 4.74. The SMILES string of the molecule is CNC(=O)CCNC(=O)CCCCCl. The van der Waals surface area contributed by atoms with Gasteiger partial charge in [0.15, 0.2) is 0 Å². The lowest BCUT2D eigenvalue weighted by Crippen LogP contribution is -2.28. The summed E-state index contributed by atoms with van der Waals surface area (Å²) < 4.78 is 0. The van der Waals surface area contributed by atoms with E-state index in [2.05, 4.69) is 10.6 Å². The molecule has 0 aromatic carbocycles. The quantitative estimate of drug-likeness (QED) is 0.489. The monoisotopic (exact) mass is 220 g/mol. The van der Waals surface area contributed by atoms with Gasteiger partial charge in [0.05, 0.1) is 0 Å². The van der Waals surface area contributed by atoms with Crippen molar-refractivity contribution in [3.8, 4) is 0 Å². The molecule has 2 N–H and O–H groups in total. The number of carbonyl (C=O) groups is 2. The number of rotatable bonds is 7. The van der Waals surface area contributed by atoms with Crippen molar-refractivity contribution in [2.75, 3.05) is 19.5 Å². The van der Waals surface area contributed by atoms with Gasteiger partial charge in [-0.05, 0) is 12.8 Å². The van der Waals surface area contributed by atoms with E-state index >= 15 is 0 Å². The number of hydrogen-bond acceptors (Lipinski definition) is 2. The van der Waals surface area contributed by atoms with Crippen LogP contribution in [-0.4, -0.2) is 31.3 Å². The van der Waals surface area contributed by atoms with Gasteiger partial charge in [-0.3, -0.25) is 9.59 Å². The second kappa shape index (κ2) is 8.81. The highest BCUT2D eigenvalue weighted by Crippen LogP contribution is 1.96. The van der Waals surface area contributed by atoms with E-state index in [4.69, 9.17) is 11.6 Å². The fourth-order valence-electron chi connectivity index (χ4n) is 0.909. The van der Waals surface area contributed by atoms with E-state index in [1.165, 1.54) is 0 Å². The standard InChI is InChI=1S/C9H17ClN2O2/c1-11-8(13)5-7-12-9(14)4-2-3-6-10/h2-7H2,1H3,(H,11,13)(H,12,14). The van der Waals surface area contributed by atoms with Gasteiger partial charge in [-0.25, -0.2) is 0 Å². The van der Waals surface area contributed by atoms with Crippen molar-refractivity contribution in [1.29, 1.82) is 0 Å². The topological polar surface area (TPSA) is 58.2 Å². The summed E-state index contributed by atoms with van der Waals surface area (Å²) in [6, 6.07) is 0. The molecule has 0 heterocycles. The first-order chi connectivity index (χ1) is 6.70. The molecule has 0 fully saturated rings. The highest BCUT2D eigenvalue weighted by atomic mass is 35.5. The minimum absolute atomic E-state index is 0.0148. The van der Waals surface area contributed by atoms with Crippen molar-refractivity contribution in [2.24, 2.45) is 0 Å². The van der Waals surface area contributed by atoms with Gasteiger partial charge in [0, 0.05) is 32.3 Å². The Bertz CT molecular complexity index is 186. The first kappa shape index (κ1) is 13.2. The summed E-state index contributed by atoms with van der Waals surface area (Å²) in [4.78, 5) is 21.9. The molecule has 0 bridgehead atoms. The predicted molar refractivity (Wildman–Crippen MR) is 56.3 cm³/mol. The maximum Gasteiger partial charge on any atom is 0.221 e. The lowest BCUT2D eigenvalue weighted by Gasteiger charge is -2.03. The summed E-state index contributed by atoms with van der Waals surface area (Å²) in [6.45, 7) is 0.402. The highest BCUT2D eigenvalue weighted by molar-refractivity contribution is 6.17. The van der Waals surface area contributed by atoms with Crippen LogP contribution in [0.4, 0.5) is 0 Å². The largest absolute Gasteiger partial charge is 0.359 e. The maximum absolute atomic E-state index is 11.1. The Morgan fingerprint density at radius 2 is 1.86 bits per heavy atom. The Kier molecular flexibility index (Phi) is 8.33. The fourth-order valence-corrected chi connectivity index (χ4v) is 1.10. The highest BCUT2D eigenvalue weighted by Gasteiger charge is 2.01. The van der Waals surface area contributed by atoms with E-state index in [9.17, 15) is 9.59 Å². The molecule has 5 heteroatoms. The second-order valence-electron chi connectivity index (χ2n) is 2.92. The molecule has 0 saturated heterocycles. The molecule has 0 unspecified atom stereocenters. The van der Waals surface area contributed by atoms with Gasteiger partial charge in [0.2, 0.25) is 11.8 Å². The van der Waals surface area contributed by atoms with Gasteiger partial charge in [-0.15, -0.1) is 11.6 Å². The minimum Gasteiger partial charge on any atom is -0.359 e. The van der Waals surface area contributed by atoms with Crippen molar-refractivity contribution in [1.82, 2.24) is 10.6 Å². The summed E-state index contributed by atoms with van der Waals surface area (Å²) in [5.74, 6) is 0.510. The second-order valence-corrected chi connectivity index (χ2v) is 3.30. The molecule has 0 aliphatic heterocycles. The Balaban J connectivity index is 3.31. The van der Waals surface area contributed by atoms with E-state index in [-0.39, 0.29) is 11.8 Å². The average Bonchev–Trinajstić information content (AvgIpc) is 2.18. The van der Waals surface area contributed by atoms with E-state index in [1.54, 1.807) is 7.05 Å². The molecule has 0 aliphatic carbocycles. The van der Waals surface area contributed by atoms with Crippen LogP contribution in [0.15, 0.2) is 0 Å². The lowest BCUT2D eigenvalue weighted by atomic mass is 10.2. The normalized spacial score (nSPS) is 9.57. The molecule has 0 atom stereocenters. The molecule has 0 rings (SSSR count). The van der Waals surface area contributed by atoms with Gasteiger partial charge in [-0.1, -0.05) is 0 Å². The molecule has 2 amide bonds. The van der Waals surface area contributed by atoms with Crippen LogP contribution >= 0.6 is 11.6 Å². The van der Waals surface area contributed by atoms with E-state index < -0.39 is 0 Å². The zero-order valence-electron chi connectivity index (χ0n) is 8.44. The Morgan fingerprint density at radius 1 is 1.14 bits per heavy atom. The van der Waals surface area contributed by atoms with E-state index in [0.717, 1.165) is 12.8 Å². The Morgan fingerprint density at radius 3 is 2.43 bits per heavy atom. The summed E-state index contributed by atoms with van der Waals surface area (Å²) >= 11 is 5.47. The van der Waals surface area contributed by atoms with Crippen molar-refractivity contribution in [3.63, 3.8) is 0 Å². The molecule has 0 radical (unpaired) electrons. The fraction of sp³-hybridized carbons (Fsp3) is 0.778. The number of carbonyl (C=O) groups excluding carboxylic acids is 2. The van der Waals surface area contributed by atoms with Crippen molar-refractivity contribution in [3.05, 3.63) is 0 Å². The zero-order chi connectivity index (χ0) is 10.8. The van der Waals surface area contributed by atoms with Crippen molar-refractivity contribution < 1.29 is 9.59 Å². The van der Waals surface area contributed by atoms with Crippen LogP contribution in [-0.2, 0) is 9.59 Å². The molecule has 0 aromatic rings. The Labute approximate surface area is 89.4 Å². The number of halogens is 1. The number of hydrogen-bond donors (Lipinski definition) is 2. The molecule has 14 heavy (non-hydrogen) atoms. The lowest BCUT2D eigenvalue weighted by molar-refractivity contribution is -0.122. The summed E-state index contributed by atoms with van der Waals surface area (Å²) in [5, 5.41) is 5.15. The molecule has 82 valence electrons. The summed E-state index contributed by atoms with van der Waals surface area (Å²) in [6.07, 6.45) is 2.47. The molecular formula is C9H17ClN2O2. The van der Waals surface area contributed by atoms with Gasteiger partial charge >= 0.3 is 0 Å². The predicted octanol–water partition coefficient (Wildman–Crippen LogP) is 0.648. The minimum atomic E-state index is -0.0638. The van der Waals surface area contributed by atoms with E-state index in [0.29, 0.717) is 25.3 Å². The average molecular weight is 221 g/mol. The van der Waals surface area contributed by atoms with Gasteiger partial charge in [0.25, 0.3) is 0 Å². The third kappa shape index (κ3) is 7.86. The third-order valence-electron chi connectivity index (χ3n) is 1.74. The molecule has 0 aliphatic rings.